The van der Waals surface area contributed by atoms with Crippen molar-refractivity contribution in [3.05, 3.63) is 33.7 Å². The van der Waals surface area contributed by atoms with E-state index in [2.05, 4.69) is 0 Å². The molecular weight excluding hydrogens is 166 g/mol. The maximum Gasteiger partial charge on any atom is 0.256 e. The molecule has 1 rings (SSSR count). The summed E-state index contributed by atoms with van der Waals surface area (Å²) in [7, 11) is 0. The standard InChI is InChI=1S/C9H11N3O/c1-7-2-3-8(6-11)9(13)12(7)5-4-10/h2-3H,5-6,11H2,1H3. The third-order valence-corrected chi connectivity index (χ3v) is 1.92. The van der Waals surface area contributed by atoms with E-state index in [1.165, 1.54) is 4.57 Å². The Morgan fingerprint density at radius 3 is 2.85 bits per heavy atom. The summed E-state index contributed by atoms with van der Waals surface area (Å²) in [5, 5.41) is 8.49. The number of pyridine rings is 1. The normalized spacial score (nSPS) is 9.62. The Hall–Kier alpha value is -1.60. The van der Waals surface area contributed by atoms with Crippen LogP contribution in [0.3, 0.4) is 0 Å². The number of rotatable bonds is 2. The van der Waals surface area contributed by atoms with Crippen LogP contribution in [0.1, 0.15) is 11.3 Å². The highest BCUT2D eigenvalue weighted by molar-refractivity contribution is 5.15. The highest BCUT2D eigenvalue weighted by Crippen LogP contribution is 1.97. The Kier molecular flexibility index (Phi) is 2.83. The van der Waals surface area contributed by atoms with E-state index in [1.807, 2.05) is 6.07 Å². The van der Waals surface area contributed by atoms with Crippen molar-refractivity contribution < 1.29 is 0 Å². The lowest BCUT2D eigenvalue weighted by Crippen LogP contribution is -2.26. The predicted molar refractivity (Wildman–Crippen MR) is 48.9 cm³/mol. The molecule has 0 aliphatic heterocycles. The van der Waals surface area contributed by atoms with Crippen molar-refractivity contribution >= 4 is 0 Å². The number of aryl methyl sites for hydroxylation is 1. The second kappa shape index (κ2) is 3.87. The fraction of sp³-hybridized carbons (Fsp3) is 0.333. The molecule has 0 aliphatic rings. The minimum Gasteiger partial charge on any atom is -0.326 e. The van der Waals surface area contributed by atoms with Crippen molar-refractivity contribution in [3.63, 3.8) is 0 Å². The summed E-state index contributed by atoms with van der Waals surface area (Å²) in [6.45, 7) is 2.09. The molecule has 0 unspecified atom stereocenters. The topological polar surface area (TPSA) is 71.8 Å². The second-order valence-corrected chi connectivity index (χ2v) is 2.75. The van der Waals surface area contributed by atoms with Gasteiger partial charge in [0, 0.05) is 17.8 Å². The van der Waals surface area contributed by atoms with Gasteiger partial charge in [-0.25, -0.2) is 0 Å². The third kappa shape index (κ3) is 1.76. The van der Waals surface area contributed by atoms with Gasteiger partial charge in [0.2, 0.25) is 0 Å². The molecule has 2 N–H and O–H groups in total. The number of hydrogen-bond acceptors (Lipinski definition) is 3. The zero-order valence-corrected chi connectivity index (χ0v) is 7.45. The fourth-order valence-corrected chi connectivity index (χ4v) is 1.14. The summed E-state index contributed by atoms with van der Waals surface area (Å²) in [5.74, 6) is 0. The fourth-order valence-electron chi connectivity index (χ4n) is 1.14. The number of nitriles is 1. The van der Waals surface area contributed by atoms with Crippen LogP contribution in [-0.2, 0) is 13.1 Å². The lowest BCUT2D eigenvalue weighted by molar-refractivity contribution is 0.739. The van der Waals surface area contributed by atoms with E-state index in [-0.39, 0.29) is 18.6 Å². The zero-order valence-electron chi connectivity index (χ0n) is 7.45. The van der Waals surface area contributed by atoms with E-state index in [9.17, 15) is 4.79 Å². The Morgan fingerprint density at radius 1 is 1.62 bits per heavy atom. The lowest BCUT2D eigenvalue weighted by atomic mass is 10.2. The molecule has 13 heavy (non-hydrogen) atoms. The van der Waals surface area contributed by atoms with Gasteiger partial charge in [-0.05, 0) is 13.0 Å². The van der Waals surface area contributed by atoms with Crippen LogP contribution in [0.5, 0.6) is 0 Å². The molecule has 1 aromatic rings. The van der Waals surface area contributed by atoms with Gasteiger partial charge < -0.3 is 5.73 Å². The average molecular weight is 177 g/mol. The van der Waals surface area contributed by atoms with Gasteiger partial charge in [0.15, 0.2) is 0 Å². The lowest BCUT2D eigenvalue weighted by Gasteiger charge is -2.06. The number of nitrogens with two attached hydrogens (primary N) is 1. The summed E-state index contributed by atoms with van der Waals surface area (Å²) in [5.41, 5.74) is 6.53. The second-order valence-electron chi connectivity index (χ2n) is 2.75. The van der Waals surface area contributed by atoms with Crippen LogP contribution in [0.15, 0.2) is 16.9 Å². The molecule has 0 fully saturated rings. The third-order valence-electron chi connectivity index (χ3n) is 1.92. The van der Waals surface area contributed by atoms with Gasteiger partial charge in [-0.2, -0.15) is 5.26 Å². The van der Waals surface area contributed by atoms with Crippen LogP contribution in [0.2, 0.25) is 0 Å². The van der Waals surface area contributed by atoms with Crippen LogP contribution in [0.25, 0.3) is 0 Å². The molecule has 0 amide bonds. The smallest absolute Gasteiger partial charge is 0.256 e. The maximum atomic E-state index is 11.5. The first-order valence-electron chi connectivity index (χ1n) is 3.97. The van der Waals surface area contributed by atoms with E-state index in [1.54, 1.807) is 19.1 Å². The van der Waals surface area contributed by atoms with Gasteiger partial charge in [0.05, 0.1) is 6.07 Å². The molecule has 0 atom stereocenters. The van der Waals surface area contributed by atoms with E-state index in [0.717, 1.165) is 5.69 Å². The van der Waals surface area contributed by atoms with E-state index < -0.39 is 0 Å². The highest BCUT2D eigenvalue weighted by Gasteiger charge is 2.03. The van der Waals surface area contributed by atoms with Gasteiger partial charge in [0.1, 0.15) is 6.54 Å². The van der Waals surface area contributed by atoms with Gasteiger partial charge in [-0.15, -0.1) is 0 Å². The predicted octanol–water partition coefficient (Wildman–Crippen LogP) is 0.139. The molecule has 68 valence electrons. The van der Waals surface area contributed by atoms with Crippen molar-refractivity contribution in [2.45, 2.75) is 20.0 Å². The first-order chi connectivity index (χ1) is 6.20. The Labute approximate surface area is 76.2 Å². The van der Waals surface area contributed by atoms with Gasteiger partial charge in [-0.3, -0.25) is 9.36 Å². The Balaban J connectivity index is 3.32. The van der Waals surface area contributed by atoms with Gasteiger partial charge in [-0.1, -0.05) is 6.07 Å². The first-order valence-corrected chi connectivity index (χ1v) is 3.97. The number of nitrogens with zero attached hydrogens (tertiary/aromatic N) is 2. The molecule has 1 aromatic heterocycles. The molecule has 1 heterocycles. The summed E-state index contributed by atoms with van der Waals surface area (Å²) in [6, 6.07) is 5.43. The minimum absolute atomic E-state index is 0.0819. The van der Waals surface area contributed by atoms with Crippen molar-refractivity contribution in [3.8, 4) is 6.07 Å². The highest BCUT2D eigenvalue weighted by atomic mass is 16.1. The number of aromatic nitrogens is 1. The molecule has 4 nitrogen and oxygen atoms in total. The van der Waals surface area contributed by atoms with Crippen LogP contribution < -0.4 is 11.3 Å². The molecule has 0 bridgehead atoms. The molecule has 0 saturated carbocycles. The molecular formula is C9H11N3O. The largest absolute Gasteiger partial charge is 0.326 e. The molecule has 0 radical (unpaired) electrons. The average Bonchev–Trinajstić information content (AvgIpc) is 2.12. The van der Waals surface area contributed by atoms with Crippen molar-refractivity contribution in [1.29, 1.82) is 5.26 Å². The molecule has 4 heteroatoms. The van der Waals surface area contributed by atoms with Crippen molar-refractivity contribution in [2.75, 3.05) is 0 Å². The summed E-state index contributed by atoms with van der Waals surface area (Å²) in [4.78, 5) is 11.5. The van der Waals surface area contributed by atoms with Crippen LogP contribution in [0.4, 0.5) is 0 Å². The molecule has 0 saturated heterocycles. The SMILES string of the molecule is Cc1ccc(CN)c(=O)n1CC#N. The minimum atomic E-state index is -0.163. The van der Waals surface area contributed by atoms with Gasteiger partial charge in [0.25, 0.3) is 5.56 Å². The van der Waals surface area contributed by atoms with Crippen molar-refractivity contribution in [1.82, 2.24) is 4.57 Å². The van der Waals surface area contributed by atoms with Gasteiger partial charge >= 0.3 is 0 Å². The number of hydrogen-bond donors (Lipinski definition) is 1. The van der Waals surface area contributed by atoms with Crippen LogP contribution >= 0.6 is 0 Å². The van der Waals surface area contributed by atoms with E-state index >= 15 is 0 Å². The maximum absolute atomic E-state index is 11.5. The van der Waals surface area contributed by atoms with E-state index in [0.29, 0.717) is 5.56 Å². The molecule has 0 spiro atoms. The monoisotopic (exact) mass is 177 g/mol. The van der Waals surface area contributed by atoms with E-state index in [4.69, 9.17) is 11.0 Å². The first kappa shape index (κ1) is 9.49. The summed E-state index contributed by atoms with van der Waals surface area (Å²) >= 11 is 0. The Bertz CT molecular complexity index is 400. The van der Waals surface area contributed by atoms with Crippen LogP contribution in [0, 0.1) is 18.3 Å². The van der Waals surface area contributed by atoms with Crippen LogP contribution in [-0.4, -0.2) is 4.57 Å². The van der Waals surface area contributed by atoms with Crippen molar-refractivity contribution in [2.24, 2.45) is 5.73 Å². The quantitative estimate of drug-likeness (QED) is 0.698. The molecule has 0 aliphatic carbocycles. The summed E-state index contributed by atoms with van der Waals surface area (Å²) < 4.78 is 1.42. The summed E-state index contributed by atoms with van der Waals surface area (Å²) in [6.07, 6.45) is 0. The Morgan fingerprint density at radius 2 is 2.31 bits per heavy atom. The zero-order chi connectivity index (χ0) is 9.84. The molecule has 0 aromatic carbocycles.